The van der Waals surface area contributed by atoms with Crippen molar-refractivity contribution in [2.45, 2.75) is 19.4 Å². The van der Waals surface area contributed by atoms with Crippen molar-refractivity contribution in [2.75, 3.05) is 44.9 Å². The summed E-state index contributed by atoms with van der Waals surface area (Å²) < 4.78 is 4.57. The summed E-state index contributed by atoms with van der Waals surface area (Å²) in [4.78, 5) is 41.3. The second-order valence-corrected chi connectivity index (χ2v) is 6.63. The van der Waals surface area contributed by atoms with Gasteiger partial charge in [-0.3, -0.25) is 14.5 Å². The van der Waals surface area contributed by atoms with E-state index < -0.39 is 18.0 Å². The third-order valence-electron chi connectivity index (χ3n) is 4.79. The van der Waals surface area contributed by atoms with Crippen LogP contribution in [0, 0.1) is 6.92 Å². The molecular formula is C18H24N4O4. The van der Waals surface area contributed by atoms with Crippen LogP contribution < -0.4 is 10.2 Å². The van der Waals surface area contributed by atoms with E-state index in [2.05, 4.69) is 45.0 Å². The number of rotatable bonds is 5. The molecule has 2 heterocycles. The van der Waals surface area contributed by atoms with Crippen molar-refractivity contribution in [1.82, 2.24) is 15.1 Å². The van der Waals surface area contributed by atoms with Crippen LogP contribution in [0.4, 0.5) is 10.5 Å². The van der Waals surface area contributed by atoms with Crippen molar-refractivity contribution in [3.8, 4) is 0 Å². The van der Waals surface area contributed by atoms with Crippen LogP contribution in [0.1, 0.15) is 12.0 Å². The summed E-state index contributed by atoms with van der Waals surface area (Å²) in [6.45, 7) is 5.49. The third-order valence-corrected chi connectivity index (χ3v) is 4.79. The number of urea groups is 1. The van der Waals surface area contributed by atoms with E-state index in [1.54, 1.807) is 0 Å². The van der Waals surface area contributed by atoms with Gasteiger partial charge in [-0.1, -0.05) is 12.1 Å². The lowest BCUT2D eigenvalue weighted by Crippen LogP contribution is -2.51. The summed E-state index contributed by atoms with van der Waals surface area (Å²) in [5.74, 6) is -0.890. The van der Waals surface area contributed by atoms with Crippen molar-refractivity contribution in [2.24, 2.45) is 0 Å². The molecule has 0 saturated carbocycles. The molecule has 1 aromatic carbocycles. The highest BCUT2D eigenvalue weighted by Gasteiger charge is 2.40. The number of piperazine rings is 1. The zero-order valence-corrected chi connectivity index (χ0v) is 15.1. The summed E-state index contributed by atoms with van der Waals surface area (Å²) in [6.07, 6.45) is -0.140. The number of ether oxygens (including phenoxy) is 1. The number of aryl methyl sites for hydroxylation is 1. The van der Waals surface area contributed by atoms with Crippen LogP contribution in [0.5, 0.6) is 0 Å². The largest absolute Gasteiger partial charge is 0.469 e. The summed E-state index contributed by atoms with van der Waals surface area (Å²) in [5.41, 5.74) is 2.42. The molecule has 8 heteroatoms. The second-order valence-electron chi connectivity index (χ2n) is 6.63. The Hall–Kier alpha value is -2.61. The number of imide groups is 1. The van der Waals surface area contributed by atoms with Gasteiger partial charge in [0.2, 0.25) is 0 Å². The molecule has 8 nitrogen and oxygen atoms in total. The van der Waals surface area contributed by atoms with Gasteiger partial charge in [-0.2, -0.15) is 0 Å². The molecule has 140 valence electrons. The molecule has 2 aliphatic rings. The van der Waals surface area contributed by atoms with Crippen LogP contribution in [0.2, 0.25) is 0 Å². The predicted molar refractivity (Wildman–Crippen MR) is 95.6 cm³/mol. The lowest BCUT2D eigenvalue weighted by atomic mass is 10.2. The van der Waals surface area contributed by atoms with E-state index in [1.165, 1.54) is 23.3 Å². The van der Waals surface area contributed by atoms with E-state index in [0.717, 1.165) is 26.2 Å². The fourth-order valence-electron chi connectivity index (χ4n) is 3.27. The van der Waals surface area contributed by atoms with Gasteiger partial charge in [-0.25, -0.2) is 9.69 Å². The summed E-state index contributed by atoms with van der Waals surface area (Å²) in [6, 6.07) is 7.09. The Morgan fingerprint density at radius 3 is 2.62 bits per heavy atom. The number of benzene rings is 1. The number of amides is 3. The van der Waals surface area contributed by atoms with Gasteiger partial charge >= 0.3 is 12.0 Å². The van der Waals surface area contributed by atoms with Crippen molar-refractivity contribution in [1.29, 1.82) is 0 Å². The van der Waals surface area contributed by atoms with Gasteiger partial charge in [0.05, 0.1) is 20.2 Å². The van der Waals surface area contributed by atoms with E-state index in [-0.39, 0.29) is 19.0 Å². The van der Waals surface area contributed by atoms with Gasteiger partial charge < -0.3 is 15.0 Å². The predicted octanol–water partition coefficient (Wildman–Crippen LogP) is 0.558. The van der Waals surface area contributed by atoms with Crippen LogP contribution in [0.3, 0.4) is 0 Å². The van der Waals surface area contributed by atoms with Crippen LogP contribution in [-0.4, -0.2) is 73.7 Å². The van der Waals surface area contributed by atoms with Crippen LogP contribution in [0.25, 0.3) is 0 Å². The Morgan fingerprint density at radius 1 is 1.23 bits per heavy atom. The molecular weight excluding hydrogens is 336 g/mol. The molecule has 1 unspecified atom stereocenters. The van der Waals surface area contributed by atoms with Gasteiger partial charge in [0.15, 0.2) is 0 Å². The van der Waals surface area contributed by atoms with Gasteiger partial charge in [0.25, 0.3) is 5.91 Å². The van der Waals surface area contributed by atoms with Gasteiger partial charge in [-0.15, -0.1) is 0 Å². The van der Waals surface area contributed by atoms with Crippen molar-refractivity contribution < 1.29 is 19.1 Å². The number of hydrogen-bond donors (Lipinski definition) is 1. The molecule has 2 aliphatic heterocycles. The molecule has 3 amide bonds. The zero-order chi connectivity index (χ0) is 18.7. The molecule has 0 spiro atoms. The molecule has 2 saturated heterocycles. The zero-order valence-electron chi connectivity index (χ0n) is 15.1. The SMILES string of the molecule is COC(=O)CC1NC(=O)N(CN2CCN(c3cccc(C)c3)CC2)C1=O. The maximum absolute atomic E-state index is 12.4. The molecule has 2 fully saturated rings. The number of carbonyl (C=O) groups is 3. The van der Waals surface area contributed by atoms with Crippen molar-refractivity contribution in [3.63, 3.8) is 0 Å². The maximum Gasteiger partial charge on any atom is 0.325 e. The first kappa shape index (κ1) is 18.2. The Bertz CT molecular complexity index is 700. The number of carbonyl (C=O) groups excluding carboxylic acids is 3. The first-order valence-corrected chi connectivity index (χ1v) is 8.70. The molecule has 26 heavy (non-hydrogen) atoms. The minimum atomic E-state index is -0.830. The molecule has 0 aromatic heterocycles. The van der Waals surface area contributed by atoms with Gasteiger partial charge in [-0.05, 0) is 24.6 Å². The van der Waals surface area contributed by atoms with Gasteiger partial charge in [0.1, 0.15) is 6.04 Å². The molecule has 0 aliphatic carbocycles. The highest BCUT2D eigenvalue weighted by atomic mass is 16.5. The number of esters is 1. The first-order chi connectivity index (χ1) is 12.5. The molecule has 3 rings (SSSR count). The highest BCUT2D eigenvalue weighted by Crippen LogP contribution is 2.18. The monoisotopic (exact) mass is 360 g/mol. The van der Waals surface area contributed by atoms with Crippen LogP contribution in [0.15, 0.2) is 24.3 Å². The van der Waals surface area contributed by atoms with E-state index in [0.29, 0.717) is 0 Å². The highest BCUT2D eigenvalue weighted by molar-refractivity contribution is 6.05. The lowest BCUT2D eigenvalue weighted by Gasteiger charge is -2.37. The Balaban J connectivity index is 1.53. The number of methoxy groups -OCH3 is 1. The molecule has 0 radical (unpaired) electrons. The summed E-state index contributed by atoms with van der Waals surface area (Å²) in [5, 5.41) is 2.55. The van der Waals surface area contributed by atoms with Crippen molar-refractivity contribution >= 4 is 23.6 Å². The fourth-order valence-corrected chi connectivity index (χ4v) is 3.27. The van der Waals surface area contributed by atoms with Crippen LogP contribution >= 0.6 is 0 Å². The van der Waals surface area contributed by atoms with Crippen molar-refractivity contribution in [3.05, 3.63) is 29.8 Å². The van der Waals surface area contributed by atoms with Gasteiger partial charge in [0, 0.05) is 31.9 Å². The summed E-state index contributed by atoms with van der Waals surface area (Å²) >= 11 is 0. The van der Waals surface area contributed by atoms with E-state index in [4.69, 9.17) is 0 Å². The lowest BCUT2D eigenvalue weighted by molar-refractivity contribution is -0.143. The maximum atomic E-state index is 12.4. The topological polar surface area (TPSA) is 82.2 Å². The number of hydrogen-bond acceptors (Lipinski definition) is 6. The van der Waals surface area contributed by atoms with Crippen LogP contribution in [-0.2, 0) is 14.3 Å². The number of nitrogens with zero attached hydrogens (tertiary/aromatic N) is 3. The van der Waals surface area contributed by atoms with E-state index in [1.807, 2.05) is 6.07 Å². The quantitative estimate of drug-likeness (QED) is 0.610. The minimum Gasteiger partial charge on any atom is -0.469 e. The number of anilines is 1. The molecule has 1 aromatic rings. The Morgan fingerprint density at radius 2 is 1.96 bits per heavy atom. The average molecular weight is 360 g/mol. The Labute approximate surface area is 152 Å². The van der Waals surface area contributed by atoms with E-state index in [9.17, 15) is 14.4 Å². The minimum absolute atomic E-state index is 0.140. The normalized spacial score (nSPS) is 21.1. The molecule has 0 bridgehead atoms. The standard InChI is InChI=1S/C18H24N4O4/c1-13-4-3-5-14(10-13)21-8-6-20(7-9-21)12-22-17(24)15(19-18(22)25)11-16(23)26-2/h3-5,10,15H,6-9,11-12H2,1-2H3,(H,19,25). The average Bonchev–Trinajstić information content (AvgIpc) is 2.89. The second kappa shape index (κ2) is 7.74. The summed E-state index contributed by atoms with van der Waals surface area (Å²) in [7, 11) is 1.26. The molecule has 1 N–H and O–H groups in total. The smallest absolute Gasteiger partial charge is 0.325 e. The molecule has 1 atom stereocenters. The third kappa shape index (κ3) is 3.96. The number of nitrogens with one attached hydrogen (secondary N) is 1. The van der Waals surface area contributed by atoms with E-state index >= 15 is 0 Å². The Kier molecular flexibility index (Phi) is 5.41. The fraction of sp³-hybridized carbons (Fsp3) is 0.500. The first-order valence-electron chi connectivity index (χ1n) is 8.70.